The fourth-order valence-electron chi connectivity index (χ4n) is 2.13. The maximum Gasteiger partial charge on any atom is 0.255 e. The maximum absolute atomic E-state index is 12.5. The van der Waals surface area contributed by atoms with Crippen LogP contribution in [0, 0.1) is 0 Å². The standard InChI is InChI=1S/C17H17BrN2O4S/c1-11(21)13-6-4-5-7-15(13)19-17(22)12-8-9-14(18)16(10-12)25(23,24)20(2)3/h4-10H,1-3H3,(H,19,22). The molecule has 1 N–H and O–H groups in total. The summed E-state index contributed by atoms with van der Waals surface area (Å²) < 4.78 is 26.1. The number of benzene rings is 2. The molecule has 0 saturated carbocycles. The van der Waals surface area contributed by atoms with Gasteiger partial charge in [-0.05, 0) is 53.2 Å². The monoisotopic (exact) mass is 424 g/mol. The lowest BCUT2D eigenvalue weighted by Crippen LogP contribution is -2.23. The number of nitrogens with zero attached hydrogens (tertiary/aromatic N) is 1. The summed E-state index contributed by atoms with van der Waals surface area (Å²) in [4.78, 5) is 24.1. The lowest BCUT2D eigenvalue weighted by Gasteiger charge is -2.14. The highest BCUT2D eigenvalue weighted by Gasteiger charge is 2.22. The van der Waals surface area contributed by atoms with E-state index < -0.39 is 15.9 Å². The Morgan fingerprint density at radius 3 is 2.32 bits per heavy atom. The molecule has 0 saturated heterocycles. The summed E-state index contributed by atoms with van der Waals surface area (Å²) in [6.45, 7) is 1.41. The molecule has 25 heavy (non-hydrogen) atoms. The van der Waals surface area contributed by atoms with Crippen LogP contribution in [-0.4, -0.2) is 38.5 Å². The highest BCUT2D eigenvalue weighted by atomic mass is 79.9. The molecule has 0 heterocycles. The number of carbonyl (C=O) groups excluding carboxylic acids is 2. The molecule has 1 amide bonds. The number of halogens is 1. The second-order valence-electron chi connectivity index (χ2n) is 5.49. The van der Waals surface area contributed by atoms with Crippen LogP contribution in [0.25, 0.3) is 0 Å². The normalized spacial score (nSPS) is 11.4. The molecular formula is C17H17BrN2O4S. The molecule has 0 aliphatic rings. The third-order valence-electron chi connectivity index (χ3n) is 3.51. The van der Waals surface area contributed by atoms with Crippen LogP contribution in [0.4, 0.5) is 5.69 Å². The van der Waals surface area contributed by atoms with E-state index in [1.807, 2.05) is 0 Å². The second-order valence-corrected chi connectivity index (χ2v) is 8.46. The molecule has 0 aromatic heterocycles. The molecule has 2 aromatic rings. The van der Waals surface area contributed by atoms with Gasteiger partial charge in [-0.25, -0.2) is 12.7 Å². The third kappa shape index (κ3) is 4.15. The van der Waals surface area contributed by atoms with Gasteiger partial charge in [-0.1, -0.05) is 12.1 Å². The molecule has 2 aromatic carbocycles. The Kier molecular flexibility index (Phi) is 5.76. The summed E-state index contributed by atoms with van der Waals surface area (Å²) in [5.74, 6) is -0.681. The predicted octanol–water partition coefficient (Wildman–Crippen LogP) is 3.15. The molecule has 0 radical (unpaired) electrons. The first-order chi connectivity index (χ1) is 11.6. The number of Topliss-reactive ketones (excluding diaryl/α,β-unsaturated/α-hetero) is 1. The molecule has 132 valence electrons. The van der Waals surface area contributed by atoms with Crippen molar-refractivity contribution in [3.8, 4) is 0 Å². The highest BCUT2D eigenvalue weighted by Crippen LogP contribution is 2.26. The van der Waals surface area contributed by atoms with Crippen molar-refractivity contribution in [1.29, 1.82) is 0 Å². The first kappa shape index (κ1) is 19.3. The topological polar surface area (TPSA) is 83.5 Å². The molecule has 0 bridgehead atoms. The van der Waals surface area contributed by atoms with Crippen LogP contribution >= 0.6 is 15.9 Å². The highest BCUT2D eigenvalue weighted by molar-refractivity contribution is 9.10. The van der Waals surface area contributed by atoms with E-state index in [4.69, 9.17) is 0 Å². The van der Waals surface area contributed by atoms with Crippen LogP contribution in [-0.2, 0) is 10.0 Å². The van der Waals surface area contributed by atoms with Gasteiger partial charge in [-0.3, -0.25) is 9.59 Å². The number of nitrogens with one attached hydrogen (secondary N) is 1. The van der Waals surface area contributed by atoms with E-state index in [-0.39, 0.29) is 16.2 Å². The van der Waals surface area contributed by atoms with E-state index in [1.165, 1.54) is 39.2 Å². The molecule has 6 nitrogen and oxygen atoms in total. The number of ketones is 1. The van der Waals surface area contributed by atoms with Gasteiger partial charge in [0, 0.05) is 29.7 Å². The molecule has 0 aliphatic carbocycles. The Balaban J connectivity index is 2.41. The molecule has 0 fully saturated rings. The minimum absolute atomic E-state index is 0.00926. The van der Waals surface area contributed by atoms with Crippen LogP contribution in [0.5, 0.6) is 0 Å². The molecule has 0 aliphatic heterocycles. The zero-order valence-electron chi connectivity index (χ0n) is 13.9. The number of hydrogen-bond acceptors (Lipinski definition) is 4. The van der Waals surface area contributed by atoms with Crippen molar-refractivity contribution in [2.45, 2.75) is 11.8 Å². The van der Waals surface area contributed by atoms with Gasteiger partial charge in [0.25, 0.3) is 5.91 Å². The minimum Gasteiger partial charge on any atom is -0.321 e. The fraction of sp³-hybridized carbons (Fsp3) is 0.176. The number of sulfonamides is 1. The quantitative estimate of drug-likeness (QED) is 0.747. The zero-order valence-corrected chi connectivity index (χ0v) is 16.3. The van der Waals surface area contributed by atoms with Crippen molar-refractivity contribution in [2.75, 3.05) is 19.4 Å². The average molecular weight is 425 g/mol. The molecular weight excluding hydrogens is 408 g/mol. The van der Waals surface area contributed by atoms with E-state index in [0.29, 0.717) is 15.7 Å². The number of carbonyl (C=O) groups is 2. The van der Waals surface area contributed by atoms with Crippen LogP contribution in [0.3, 0.4) is 0 Å². The van der Waals surface area contributed by atoms with Gasteiger partial charge in [-0.15, -0.1) is 0 Å². The van der Waals surface area contributed by atoms with Gasteiger partial charge in [0.1, 0.15) is 0 Å². The summed E-state index contributed by atoms with van der Waals surface area (Å²) in [7, 11) is -0.877. The lowest BCUT2D eigenvalue weighted by atomic mass is 10.1. The Hall–Kier alpha value is -2.03. The van der Waals surface area contributed by atoms with E-state index in [0.717, 1.165) is 4.31 Å². The summed E-state index contributed by atoms with van der Waals surface area (Å²) in [6.07, 6.45) is 0. The summed E-state index contributed by atoms with van der Waals surface area (Å²) >= 11 is 3.20. The van der Waals surface area contributed by atoms with E-state index >= 15 is 0 Å². The van der Waals surface area contributed by atoms with Gasteiger partial charge in [-0.2, -0.15) is 0 Å². The van der Waals surface area contributed by atoms with Crippen molar-refractivity contribution in [2.24, 2.45) is 0 Å². The summed E-state index contributed by atoms with van der Waals surface area (Å²) in [6, 6.07) is 10.9. The number of anilines is 1. The third-order valence-corrected chi connectivity index (χ3v) is 6.32. The molecule has 0 spiro atoms. The van der Waals surface area contributed by atoms with Gasteiger partial charge < -0.3 is 5.32 Å². The SMILES string of the molecule is CC(=O)c1ccccc1NC(=O)c1ccc(Br)c(S(=O)(=O)N(C)C)c1. The zero-order chi connectivity index (χ0) is 18.8. The smallest absolute Gasteiger partial charge is 0.255 e. The summed E-state index contributed by atoms with van der Waals surface area (Å²) in [5.41, 5.74) is 0.927. The van der Waals surface area contributed by atoms with Crippen molar-refractivity contribution in [1.82, 2.24) is 4.31 Å². The summed E-state index contributed by atoms with van der Waals surface area (Å²) in [5, 5.41) is 2.65. The maximum atomic E-state index is 12.5. The van der Waals surface area contributed by atoms with Crippen molar-refractivity contribution in [3.63, 3.8) is 0 Å². The van der Waals surface area contributed by atoms with E-state index in [1.54, 1.807) is 24.3 Å². The minimum atomic E-state index is -3.71. The number of hydrogen-bond donors (Lipinski definition) is 1. The fourth-order valence-corrected chi connectivity index (χ4v) is 3.98. The van der Waals surface area contributed by atoms with Crippen LogP contribution in [0.15, 0.2) is 51.8 Å². The van der Waals surface area contributed by atoms with Crippen molar-refractivity contribution < 1.29 is 18.0 Å². The first-order valence-electron chi connectivity index (χ1n) is 7.28. The van der Waals surface area contributed by atoms with Crippen LogP contribution in [0.1, 0.15) is 27.6 Å². The Morgan fingerprint density at radius 2 is 1.72 bits per heavy atom. The first-order valence-corrected chi connectivity index (χ1v) is 9.51. The van der Waals surface area contributed by atoms with Gasteiger partial charge in [0.15, 0.2) is 5.78 Å². The predicted molar refractivity (Wildman–Crippen MR) is 99.4 cm³/mol. The van der Waals surface area contributed by atoms with Crippen molar-refractivity contribution >= 4 is 43.3 Å². The number of rotatable bonds is 5. The molecule has 2 rings (SSSR count). The van der Waals surface area contributed by atoms with Gasteiger partial charge in [0.2, 0.25) is 10.0 Å². The molecule has 8 heteroatoms. The van der Waals surface area contributed by atoms with Gasteiger partial charge >= 0.3 is 0 Å². The molecule has 0 atom stereocenters. The van der Waals surface area contributed by atoms with E-state index in [2.05, 4.69) is 21.2 Å². The molecule has 0 unspecified atom stereocenters. The van der Waals surface area contributed by atoms with Crippen LogP contribution < -0.4 is 5.32 Å². The lowest BCUT2D eigenvalue weighted by molar-refractivity contribution is 0.101. The number of para-hydroxylation sites is 1. The van der Waals surface area contributed by atoms with Crippen LogP contribution in [0.2, 0.25) is 0 Å². The second kappa shape index (κ2) is 7.47. The van der Waals surface area contributed by atoms with E-state index in [9.17, 15) is 18.0 Å². The largest absolute Gasteiger partial charge is 0.321 e. The van der Waals surface area contributed by atoms with Gasteiger partial charge in [0.05, 0.1) is 10.6 Å². The Bertz CT molecular complexity index is 939. The number of amides is 1. The average Bonchev–Trinajstić information content (AvgIpc) is 2.55. The Labute approximate surface area is 155 Å². The van der Waals surface area contributed by atoms with Crippen molar-refractivity contribution in [3.05, 3.63) is 58.1 Å². The Morgan fingerprint density at radius 1 is 1.08 bits per heavy atom.